The molecule has 0 radical (unpaired) electrons. The fourth-order valence-electron chi connectivity index (χ4n) is 7.51. The smallest absolute Gasteiger partial charge is 0.253 e. The Kier molecular flexibility index (Phi) is 7.46. The van der Waals surface area contributed by atoms with Crippen LogP contribution in [0, 0.1) is 11.8 Å². The van der Waals surface area contributed by atoms with Crippen molar-refractivity contribution in [2.24, 2.45) is 11.8 Å². The Balaban J connectivity index is 1.32. The van der Waals surface area contributed by atoms with Crippen LogP contribution in [-0.4, -0.2) is 45.7 Å². The lowest BCUT2D eigenvalue weighted by atomic mass is 9.84. The third kappa shape index (κ3) is 4.48. The predicted octanol–water partition coefficient (Wildman–Crippen LogP) is 7.18. The van der Waals surface area contributed by atoms with E-state index in [2.05, 4.69) is 63.7 Å². The number of amides is 4. The summed E-state index contributed by atoms with van der Waals surface area (Å²) in [4.78, 5) is 60.5. The quantitative estimate of drug-likeness (QED) is 0.203. The number of hydrogen-bond acceptors (Lipinski definition) is 6. The molecule has 0 N–H and O–H groups in total. The molecule has 46 heavy (non-hydrogen) atoms. The average molecular weight is 870 g/mol. The van der Waals surface area contributed by atoms with Gasteiger partial charge in [-0.2, -0.15) is 0 Å². The number of nitrogens with zero attached hydrogens (tertiary/aromatic N) is 4. The van der Waals surface area contributed by atoms with Crippen molar-refractivity contribution in [1.82, 2.24) is 10.0 Å². The molecule has 0 bridgehead atoms. The van der Waals surface area contributed by atoms with Gasteiger partial charge in [0.1, 0.15) is 12.1 Å². The van der Waals surface area contributed by atoms with Crippen molar-refractivity contribution in [1.29, 1.82) is 0 Å². The van der Waals surface area contributed by atoms with Gasteiger partial charge in [-0.1, -0.05) is 88.0 Å². The van der Waals surface area contributed by atoms with E-state index in [-0.39, 0.29) is 23.6 Å². The molecule has 8 rings (SSSR count). The molecule has 0 aromatic heterocycles. The number of fused-ring (bicyclic) bond motifs is 5. The number of hydrogen-bond donors (Lipinski definition) is 0. The van der Waals surface area contributed by atoms with E-state index in [0.717, 1.165) is 29.0 Å². The van der Waals surface area contributed by atoms with Gasteiger partial charge >= 0.3 is 0 Å². The van der Waals surface area contributed by atoms with E-state index in [9.17, 15) is 19.2 Å². The van der Waals surface area contributed by atoms with Gasteiger partial charge in [-0.15, -0.1) is 0 Å². The summed E-state index contributed by atoms with van der Waals surface area (Å²) in [5, 5.41) is 3.76. The summed E-state index contributed by atoms with van der Waals surface area (Å²) in [5.41, 5.74) is 2.50. The number of benzene rings is 4. The second kappa shape index (κ2) is 11.3. The Labute approximate surface area is 297 Å². The van der Waals surface area contributed by atoms with E-state index < -0.39 is 36.0 Å². The Hall–Kier alpha value is -3.00. The van der Waals surface area contributed by atoms with Crippen molar-refractivity contribution in [3.8, 4) is 0 Å². The van der Waals surface area contributed by atoms with Crippen molar-refractivity contribution in [2.45, 2.75) is 24.2 Å². The molecule has 6 atom stereocenters. The van der Waals surface area contributed by atoms with Crippen LogP contribution >= 0.6 is 63.7 Å². The Morgan fingerprint density at radius 2 is 0.652 bits per heavy atom. The van der Waals surface area contributed by atoms with Crippen LogP contribution in [0.25, 0.3) is 0 Å². The van der Waals surface area contributed by atoms with Crippen LogP contribution in [0.3, 0.4) is 0 Å². The zero-order valence-electron chi connectivity index (χ0n) is 23.6. The van der Waals surface area contributed by atoms with Crippen molar-refractivity contribution in [3.05, 3.63) is 126 Å². The molecule has 4 fully saturated rings. The fraction of sp³-hybridized carbons (Fsp3) is 0.176. The highest BCUT2D eigenvalue weighted by Crippen LogP contribution is 2.59. The maximum Gasteiger partial charge on any atom is 0.253 e. The highest BCUT2D eigenvalue weighted by Gasteiger charge is 2.73. The minimum atomic E-state index is -0.925. The summed E-state index contributed by atoms with van der Waals surface area (Å²) in [6, 6.07) is 26.1. The highest BCUT2D eigenvalue weighted by atomic mass is 79.9. The van der Waals surface area contributed by atoms with Crippen molar-refractivity contribution < 1.29 is 19.2 Å². The third-order valence-corrected chi connectivity index (χ3v) is 11.4. The molecule has 0 saturated carbocycles. The predicted molar refractivity (Wildman–Crippen MR) is 185 cm³/mol. The minimum absolute atomic E-state index is 0.340. The van der Waals surface area contributed by atoms with Crippen LogP contribution in [0.5, 0.6) is 0 Å². The highest BCUT2D eigenvalue weighted by molar-refractivity contribution is 9.11. The molecule has 4 aliphatic heterocycles. The summed E-state index contributed by atoms with van der Waals surface area (Å²) in [6.07, 6.45) is 0. The molecule has 6 unspecified atom stereocenters. The maximum atomic E-state index is 14.5. The zero-order chi connectivity index (χ0) is 32.0. The van der Waals surface area contributed by atoms with E-state index in [1.165, 1.54) is 9.80 Å². The Morgan fingerprint density at radius 1 is 0.370 bits per heavy atom. The monoisotopic (exact) mass is 866 g/mol. The van der Waals surface area contributed by atoms with Gasteiger partial charge in [0.15, 0.2) is 0 Å². The van der Waals surface area contributed by atoms with E-state index in [1.807, 2.05) is 58.5 Å². The van der Waals surface area contributed by atoms with Gasteiger partial charge in [0.05, 0.1) is 35.3 Å². The number of halogens is 4. The zero-order valence-corrected chi connectivity index (χ0v) is 30.0. The Morgan fingerprint density at radius 3 is 0.957 bits per heavy atom. The minimum Gasteiger partial charge on any atom is -0.274 e. The molecular formula is C34H22Br4N4O4. The average Bonchev–Trinajstić information content (AvgIpc) is 3.71. The van der Waals surface area contributed by atoms with Crippen LogP contribution in [0.4, 0.5) is 11.4 Å². The summed E-state index contributed by atoms with van der Waals surface area (Å²) in [7, 11) is 0. The number of anilines is 2. The van der Waals surface area contributed by atoms with E-state index >= 15 is 0 Å². The van der Waals surface area contributed by atoms with Gasteiger partial charge in [-0.3, -0.25) is 19.2 Å². The molecule has 4 amide bonds. The van der Waals surface area contributed by atoms with Crippen molar-refractivity contribution in [3.63, 3.8) is 0 Å². The van der Waals surface area contributed by atoms with Gasteiger partial charge < -0.3 is 0 Å². The van der Waals surface area contributed by atoms with Crippen LogP contribution in [0.2, 0.25) is 0 Å². The second-order valence-electron chi connectivity index (χ2n) is 11.7. The van der Waals surface area contributed by atoms with E-state index in [4.69, 9.17) is 0 Å². The first-order valence-corrected chi connectivity index (χ1v) is 17.7. The standard InChI is InChI=1S/C34H22Br4N4O4/c35-19-5-1-17(2-6-19)27-25-29(33(45)39(31(25)43)23-13-9-21(37)10-14-23)42-28(18-3-7-20(36)8-4-18)26-30(41(27)42)34(46)40(32(26)44)24-15-11-22(38)12-16-24/h1-16,25-30H. The summed E-state index contributed by atoms with van der Waals surface area (Å²) >= 11 is 13.9. The third-order valence-electron chi connectivity index (χ3n) is 9.32. The molecule has 12 heteroatoms. The molecular weight excluding hydrogens is 848 g/mol. The van der Waals surface area contributed by atoms with Gasteiger partial charge in [0, 0.05) is 17.9 Å². The molecule has 4 aromatic carbocycles. The number of carbonyl (C=O) groups excluding carboxylic acids is 4. The number of imide groups is 2. The lowest BCUT2D eigenvalue weighted by Crippen LogP contribution is -2.50. The van der Waals surface area contributed by atoms with Gasteiger partial charge in [0.2, 0.25) is 11.8 Å². The van der Waals surface area contributed by atoms with E-state index in [0.29, 0.717) is 11.4 Å². The first kappa shape index (κ1) is 30.3. The van der Waals surface area contributed by atoms with Crippen LogP contribution < -0.4 is 9.80 Å². The molecule has 0 spiro atoms. The van der Waals surface area contributed by atoms with Crippen LogP contribution in [-0.2, 0) is 19.2 Å². The molecule has 4 saturated heterocycles. The molecule has 0 aliphatic carbocycles. The largest absolute Gasteiger partial charge is 0.274 e. The Bertz CT molecular complexity index is 1780. The SMILES string of the molecule is O=C1C2C(C(=O)N1c1ccc(Br)cc1)N1C(c3ccc(Br)cc3)C3C(=O)N(c4ccc(Br)cc4)C(=O)C3N1C2c1ccc(Br)cc1. The lowest BCUT2D eigenvalue weighted by molar-refractivity contribution is -0.136. The van der Waals surface area contributed by atoms with Crippen LogP contribution in [0.1, 0.15) is 23.2 Å². The van der Waals surface area contributed by atoms with Crippen molar-refractivity contribution in [2.75, 3.05) is 9.80 Å². The molecule has 230 valence electrons. The normalized spacial score (nSPS) is 27.5. The number of rotatable bonds is 4. The van der Waals surface area contributed by atoms with Crippen molar-refractivity contribution >= 4 is 98.7 Å². The van der Waals surface area contributed by atoms with Gasteiger partial charge in [-0.05, 0) is 83.9 Å². The molecule has 4 aromatic rings. The lowest BCUT2D eigenvalue weighted by Gasteiger charge is -2.35. The second-order valence-corrected chi connectivity index (χ2v) is 15.3. The number of hydrazine groups is 1. The summed E-state index contributed by atoms with van der Waals surface area (Å²) in [6.45, 7) is 0. The molecule has 8 nitrogen and oxygen atoms in total. The maximum absolute atomic E-state index is 14.5. The van der Waals surface area contributed by atoms with Crippen LogP contribution in [0.15, 0.2) is 115 Å². The molecule has 4 heterocycles. The first-order valence-electron chi connectivity index (χ1n) is 14.5. The topological polar surface area (TPSA) is 81.2 Å². The molecule has 4 aliphatic rings. The first-order chi connectivity index (χ1) is 22.2. The number of carbonyl (C=O) groups is 4. The van der Waals surface area contributed by atoms with E-state index in [1.54, 1.807) is 48.5 Å². The summed E-state index contributed by atoms with van der Waals surface area (Å²) in [5.74, 6) is -3.08. The van der Waals surface area contributed by atoms with Gasteiger partial charge in [-0.25, -0.2) is 19.8 Å². The van der Waals surface area contributed by atoms with Gasteiger partial charge in [0.25, 0.3) is 11.8 Å². The fourth-order valence-corrected chi connectivity index (χ4v) is 8.56. The summed E-state index contributed by atoms with van der Waals surface area (Å²) < 4.78 is 3.36.